The van der Waals surface area contributed by atoms with E-state index in [2.05, 4.69) is 5.32 Å². The van der Waals surface area contributed by atoms with E-state index in [1.54, 1.807) is 0 Å². The molecule has 0 aliphatic carbocycles. The second-order valence-electron chi connectivity index (χ2n) is 5.16. The van der Waals surface area contributed by atoms with E-state index in [-0.39, 0.29) is 5.97 Å². The van der Waals surface area contributed by atoms with Gasteiger partial charge in [0.15, 0.2) is 0 Å². The molecule has 1 aromatic carbocycles. The fourth-order valence-corrected chi connectivity index (χ4v) is 1.89. The summed E-state index contributed by atoms with van der Waals surface area (Å²) in [7, 11) is 1.42. The Morgan fingerprint density at radius 3 is 2.17 bits per heavy atom. The lowest BCUT2D eigenvalue weighted by atomic mass is 9.83. The minimum absolute atomic E-state index is 0.190. The number of alkyl halides is 3. The second-order valence-corrected chi connectivity index (χ2v) is 5.16. The normalized spacial score (nSPS) is 15.5. The van der Waals surface area contributed by atoms with Gasteiger partial charge in [0.2, 0.25) is 0 Å². The number of hydrogen-bond donors (Lipinski definition) is 2. The third-order valence-electron chi connectivity index (χ3n) is 3.28. The molecule has 0 amide bonds. The number of rotatable bonds is 5. The number of halogens is 3. The maximum absolute atomic E-state index is 11.6. The lowest BCUT2D eigenvalue weighted by Gasteiger charge is -2.39. The molecule has 0 saturated carbocycles. The van der Waals surface area contributed by atoms with Gasteiger partial charge in [-0.1, -0.05) is 30.3 Å². The fraction of sp³-hybridized carbons (Fsp3) is 0.467. The Balaban J connectivity index is 0.000000351. The van der Waals surface area contributed by atoms with Crippen LogP contribution in [0.5, 0.6) is 0 Å². The first-order valence-corrected chi connectivity index (χ1v) is 6.92. The van der Waals surface area contributed by atoms with Crippen molar-refractivity contribution < 1.29 is 37.3 Å². The van der Waals surface area contributed by atoms with Gasteiger partial charge in [-0.3, -0.25) is 4.79 Å². The number of carbonyl (C=O) groups excluding carboxylic acids is 1. The molecule has 1 aliphatic rings. The largest absolute Gasteiger partial charge is 0.490 e. The van der Waals surface area contributed by atoms with E-state index in [1.165, 1.54) is 7.11 Å². The number of hydrogen-bond acceptors (Lipinski definition) is 5. The molecular weight excluding hydrogens is 331 g/mol. The zero-order chi connectivity index (χ0) is 18.2. The molecule has 0 spiro atoms. The minimum Gasteiger partial charge on any atom is -0.475 e. The van der Waals surface area contributed by atoms with Gasteiger partial charge in [0.1, 0.15) is 5.41 Å². The highest BCUT2D eigenvalue weighted by Crippen LogP contribution is 2.25. The lowest BCUT2D eigenvalue weighted by Crippen LogP contribution is -2.61. The number of aliphatic carboxylic acids is 1. The highest BCUT2D eigenvalue weighted by Gasteiger charge is 2.45. The smallest absolute Gasteiger partial charge is 0.475 e. The van der Waals surface area contributed by atoms with Crippen LogP contribution in [0.15, 0.2) is 30.3 Å². The van der Waals surface area contributed by atoms with Crippen molar-refractivity contribution in [2.24, 2.45) is 5.41 Å². The van der Waals surface area contributed by atoms with E-state index in [9.17, 15) is 18.0 Å². The molecule has 24 heavy (non-hydrogen) atoms. The van der Waals surface area contributed by atoms with Crippen molar-refractivity contribution in [3.63, 3.8) is 0 Å². The summed E-state index contributed by atoms with van der Waals surface area (Å²) in [5, 5.41) is 10.2. The zero-order valence-corrected chi connectivity index (χ0v) is 12.9. The van der Waals surface area contributed by atoms with E-state index in [4.69, 9.17) is 19.4 Å². The molecule has 1 aromatic rings. The van der Waals surface area contributed by atoms with Crippen LogP contribution in [0.2, 0.25) is 0 Å². The number of carboxylic acid groups (broad SMARTS) is 1. The molecule has 134 valence electrons. The van der Waals surface area contributed by atoms with Crippen LogP contribution in [-0.4, -0.2) is 50.0 Å². The van der Waals surface area contributed by atoms with Crippen LogP contribution in [0, 0.1) is 5.41 Å². The van der Waals surface area contributed by atoms with Gasteiger partial charge in [-0.25, -0.2) is 4.79 Å². The van der Waals surface area contributed by atoms with Crippen molar-refractivity contribution in [2.75, 3.05) is 26.8 Å². The molecule has 2 N–H and O–H groups in total. The van der Waals surface area contributed by atoms with Crippen LogP contribution in [0.3, 0.4) is 0 Å². The van der Waals surface area contributed by atoms with Crippen molar-refractivity contribution in [1.29, 1.82) is 0 Å². The minimum atomic E-state index is -5.08. The quantitative estimate of drug-likeness (QED) is 0.786. The van der Waals surface area contributed by atoms with Gasteiger partial charge in [-0.05, 0) is 5.56 Å². The fourth-order valence-electron chi connectivity index (χ4n) is 1.89. The number of nitrogens with one attached hydrogen (secondary N) is 1. The van der Waals surface area contributed by atoms with Crippen LogP contribution in [0.1, 0.15) is 5.56 Å². The maximum atomic E-state index is 11.6. The topological polar surface area (TPSA) is 84.9 Å². The van der Waals surface area contributed by atoms with Crippen molar-refractivity contribution >= 4 is 11.9 Å². The van der Waals surface area contributed by atoms with Gasteiger partial charge >= 0.3 is 18.1 Å². The summed E-state index contributed by atoms with van der Waals surface area (Å²) < 4.78 is 42.1. The summed E-state index contributed by atoms with van der Waals surface area (Å²) in [6, 6.07) is 9.92. The summed E-state index contributed by atoms with van der Waals surface area (Å²) in [4.78, 5) is 20.5. The molecule has 9 heteroatoms. The predicted molar refractivity (Wildman–Crippen MR) is 77.1 cm³/mol. The molecule has 0 unspecified atom stereocenters. The van der Waals surface area contributed by atoms with E-state index in [1.807, 2.05) is 30.3 Å². The molecule has 6 nitrogen and oxygen atoms in total. The Labute approximate surface area is 136 Å². The Kier molecular flexibility index (Phi) is 7.18. The molecule has 1 fully saturated rings. The van der Waals surface area contributed by atoms with E-state index < -0.39 is 17.6 Å². The van der Waals surface area contributed by atoms with Crippen LogP contribution >= 0.6 is 0 Å². The molecule has 1 heterocycles. The summed E-state index contributed by atoms with van der Waals surface area (Å²) in [6.45, 7) is 2.20. The predicted octanol–water partition coefficient (Wildman–Crippen LogP) is 1.60. The number of carboxylic acids is 1. The number of methoxy groups -OCH3 is 1. The number of benzene rings is 1. The summed E-state index contributed by atoms with van der Waals surface area (Å²) in [5.74, 6) is -2.95. The van der Waals surface area contributed by atoms with Crippen LogP contribution in [0.25, 0.3) is 0 Å². The standard InChI is InChI=1S/C13H17NO3.C2HF3O2/c1-16-12(15)13(8-14-9-13)10-17-7-11-5-3-2-4-6-11;3-2(4,5)1(6)7/h2-6,14H,7-10H2,1H3;(H,6,7). The zero-order valence-electron chi connectivity index (χ0n) is 12.9. The number of carbonyl (C=O) groups is 2. The van der Waals surface area contributed by atoms with Crippen molar-refractivity contribution in [3.8, 4) is 0 Å². The van der Waals surface area contributed by atoms with Crippen molar-refractivity contribution in [1.82, 2.24) is 5.32 Å². The monoisotopic (exact) mass is 349 g/mol. The SMILES string of the molecule is COC(=O)C1(COCc2ccccc2)CNC1.O=C(O)C(F)(F)F. The Morgan fingerprint density at radius 1 is 1.25 bits per heavy atom. The highest BCUT2D eigenvalue weighted by atomic mass is 19.4. The molecule has 0 atom stereocenters. The van der Waals surface area contributed by atoms with Crippen LogP contribution < -0.4 is 5.32 Å². The first-order chi connectivity index (χ1) is 11.2. The highest BCUT2D eigenvalue weighted by molar-refractivity contribution is 5.78. The van der Waals surface area contributed by atoms with Crippen molar-refractivity contribution in [3.05, 3.63) is 35.9 Å². The van der Waals surface area contributed by atoms with Gasteiger partial charge in [0.25, 0.3) is 0 Å². The molecule has 1 aliphatic heterocycles. The Morgan fingerprint density at radius 2 is 1.79 bits per heavy atom. The molecular formula is C15H18F3NO5. The van der Waals surface area contributed by atoms with Crippen molar-refractivity contribution in [2.45, 2.75) is 12.8 Å². The Hall–Kier alpha value is -2.13. The molecule has 0 bridgehead atoms. The first kappa shape index (κ1) is 19.9. The van der Waals surface area contributed by atoms with E-state index in [0.29, 0.717) is 26.3 Å². The number of ether oxygens (including phenoxy) is 2. The first-order valence-electron chi connectivity index (χ1n) is 6.92. The molecule has 1 saturated heterocycles. The van der Waals surface area contributed by atoms with Gasteiger partial charge in [-0.15, -0.1) is 0 Å². The third kappa shape index (κ3) is 5.82. The van der Waals surface area contributed by atoms with Gasteiger partial charge < -0.3 is 19.9 Å². The molecule has 0 radical (unpaired) electrons. The summed E-state index contributed by atoms with van der Waals surface area (Å²) >= 11 is 0. The van der Waals surface area contributed by atoms with E-state index in [0.717, 1.165) is 5.56 Å². The van der Waals surface area contributed by atoms with Crippen LogP contribution in [-0.2, 0) is 25.7 Å². The number of esters is 1. The van der Waals surface area contributed by atoms with Gasteiger partial charge in [0.05, 0.1) is 20.3 Å². The molecule has 0 aromatic heterocycles. The maximum Gasteiger partial charge on any atom is 0.490 e. The average Bonchev–Trinajstić information content (AvgIpc) is 2.50. The lowest BCUT2D eigenvalue weighted by molar-refractivity contribution is -0.192. The van der Waals surface area contributed by atoms with Gasteiger partial charge in [-0.2, -0.15) is 13.2 Å². The summed E-state index contributed by atoms with van der Waals surface area (Å²) in [6.07, 6.45) is -5.08. The molecule has 2 rings (SSSR count). The van der Waals surface area contributed by atoms with Crippen LogP contribution in [0.4, 0.5) is 13.2 Å². The third-order valence-corrected chi connectivity index (χ3v) is 3.28. The summed E-state index contributed by atoms with van der Waals surface area (Å²) in [5.41, 5.74) is 0.628. The van der Waals surface area contributed by atoms with E-state index >= 15 is 0 Å². The average molecular weight is 349 g/mol. The van der Waals surface area contributed by atoms with Gasteiger partial charge in [0, 0.05) is 13.1 Å². The Bertz CT molecular complexity index is 544. The second kappa shape index (κ2) is 8.65.